The van der Waals surface area contributed by atoms with Gasteiger partial charge < -0.3 is 15.3 Å². The Kier molecular flexibility index (Phi) is 20.0. The van der Waals surface area contributed by atoms with Crippen LogP contribution in [-0.2, 0) is 52.3 Å². The number of hydrogen-bond acceptors (Lipinski definition) is 3. The van der Waals surface area contributed by atoms with Crippen molar-refractivity contribution in [2.75, 3.05) is 0 Å². The van der Waals surface area contributed by atoms with Gasteiger partial charge in [0.1, 0.15) is 16.2 Å². The van der Waals surface area contributed by atoms with Crippen molar-refractivity contribution in [3.63, 3.8) is 0 Å². The van der Waals surface area contributed by atoms with Crippen LogP contribution in [0.25, 0.3) is 0 Å². The van der Waals surface area contributed by atoms with Gasteiger partial charge >= 0.3 is 17.9 Å². The molecule has 1 unspecified atom stereocenters. The van der Waals surface area contributed by atoms with Crippen LogP contribution in [0, 0.1) is 12.3 Å². The first kappa shape index (κ1) is 58.1. The van der Waals surface area contributed by atoms with Gasteiger partial charge in [0.25, 0.3) is 0 Å². The van der Waals surface area contributed by atoms with E-state index in [2.05, 4.69) is 27.2 Å². The number of carboxylic acids is 3. The van der Waals surface area contributed by atoms with Crippen molar-refractivity contribution in [2.24, 2.45) is 5.92 Å². The Morgan fingerprint density at radius 3 is 0.722 bits per heavy atom. The van der Waals surface area contributed by atoms with Crippen LogP contribution in [0.1, 0.15) is 90.1 Å². The van der Waals surface area contributed by atoms with E-state index in [1.807, 2.05) is 273 Å². The first-order valence-corrected chi connectivity index (χ1v) is 26.4. The van der Waals surface area contributed by atoms with Gasteiger partial charge in [0.2, 0.25) is 0 Å². The SMILES string of the molecule is CC1=C(C)C(C)C2=C1[CH-]CCC2.O=C(O)C(c1ccccc1)(c1ccccc1)c1ccccc1.O=C(O)C(c1ccccc1)(c1ccccc1)c1ccccc1.O=C(O)C(c1ccccc1)(c1ccccc1)c1ccccc1.[Ti]. The molecule has 11 rings (SSSR count). The molecule has 0 heterocycles. The minimum atomic E-state index is -1.20. The van der Waals surface area contributed by atoms with Crippen molar-refractivity contribution in [3.8, 4) is 0 Å². The van der Waals surface area contributed by atoms with Crippen LogP contribution in [0.3, 0.4) is 0 Å². The zero-order valence-corrected chi connectivity index (χ0v) is 46.4. The van der Waals surface area contributed by atoms with Crippen LogP contribution in [0.15, 0.2) is 295 Å². The molecule has 9 aromatic carbocycles. The summed E-state index contributed by atoms with van der Waals surface area (Å²) in [5.41, 5.74) is 9.58. The largest absolute Gasteiger partial charge is 0.480 e. The molecule has 0 spiro atoms. The monoisotopic (exact) mass is 1070 g/mol. The fourth-order valence-corrected chi connectivity index (χ4v) is 11.3. The smallest absolute Gasteiger partial charge is 0.323 e. The van der Waals surface area contributed by atoms with Crippen molar-refractivity contribution in [1.29, 1.82) is 0 Å². The molecular weight excluding hydrogens is 1010 g/mol. The molecule has 0 aliphatic heterocycles. The van der Waals surface area contributed by atoms with Crippen LogP contribution in [-0.4, -0.2) is 33.2 Å². The molecule has 0 saturated carbocycles. The molecule has 0 bridgehead atoms. The van der Waals surface area contributed by atoms with Gasteiger partial charge in [-0.3, -0.25) is 14.4 Å². The van der Waals surface area contributed by atoms with Crippen molar-refractivity contribution < 1.29 is 51.4 Å². The Morgan fingerprint density at radius 2 is 0.557 bits per heavy atom. The molecule has 6 nitrogen and oxygen atoms in total. The second-order valence-corrected chi connectivity index (χ2v) is 19.5. The van der Waals surface area contributed by atoms with Crippen molar-refractivity contribution in [1.82, 2.24) is 0 Å². The van der Waals surface area contributed by atoms with E-state index in [0.29, 0.717) is 0 Å². The summed E-state index contributed by atoms with van der Waals surface area (Å²) in [7, 11) is 0. The third kappa shape index (κ3) is 12.0. The first-order valence-electron chi connectivity index (χ1n) is 26.4. The molecule has 0 aromatic heterocycles. The van der Waals surface area contributed by atoms with Crippen molar-refractivity contribution in [2.45, 2.75) is 56.3 Å². The average molecular weight is 1070 g/mol. The Morgan fingerprint density at radius 1 is 0.367 bits per heavy atom. The van der Waals surface area contributed by atoms with Gasteiger partial charge in [-0.15, -0.1) is 5.57 Å². The third-order valence-electron chi connectivity index (χ3n) is 15.3. The Labute approximate surface area is 480 Å². The molecule has 3 N–H and O–H groups in total. The summed E-state index contributed by atoms with van der Waals surface area (Å²) < 4.78 is 0. The molecule has 394 valence electrons. The van der Waals surface area contributed by atoms with Gasteiger partial charge in [0, 0.05) is 21.7 Å². The number of carbonyl (C=O) groups is 3. The minimum Gasteiger partial charge on any atom is -0.480 e. The summed E-state index contributed by atoms with van der Waals surface area (Å²) in [5, 5.41) is 30.6. The molecule has 0 amide bonds. The molecule has 1 atom stereocenters. The summed E-state index contributed by atoms with van der Waals surface area (Å²) in [5.74, 6) is -1.90. The fraction of sp³-hybridized carbons (Fsp3) is 0.139. The van der Waals surface area contributed by atoms with Crippen LogP contribution < -0.4 is 0 Å². The maximum atomic E-state index is 12.4. The zero-order chi connectivity index (χ0) is 55.0. The van der Waals surface area contributed by atoms with E-state index in [4.69, 9.17) is 0 Å². The van der Waals surface area contributed by atoms with E-state index in [1.54, 1.807) is 22.3 Å². The normalized spacial score (nSPS) is 13.7. The van der Waals surface area contributed by atoms with Crippen LogP contribution >= 0.6 is 0 Å². The van der Waals surface area contributed by atoms with Gasteiger partial charge in [-0.1, -0.05) is 319 Å². The quantitative estimate of drug-likeness (QED) is 0.0638. The van der Waals surface area contributed by atoms with Crippen LogP contribution in [0.4, 0.5) is 0 Å². The third-order valence-corrected chi connectivity index (χ3v) is 15.3. The van der Waals surface area contributed by atoms with E-state index < -0.39 is 34.2 Å². The van der Waals surface area contributed by atoms with E-state index in [0.717, 1.165) is 56.0 Å². The van der Waals surface area contributed by atoms with Crippen LogP contribution in [0.2, 0.25) is 0 Å². The van der Waals surface area contributed by atoms with Crippen LogP contribution in [0.5, 0.6) is 0 Å². The fourth-order valence-electron chi connectivity index (χ4n) is 11.3. The van der Waals surface area contributed by atoms with E-state index in [1.165, 1.54) is 19.3 Å². The Bertz CT molecular complexity index is 2810. The van der Waals surface area contributed by atoms with Gasteiger partial charge in [-0.2, -0.15) is 23.1 Å². The van der Waals surface area contributed by atoms with Gasteiger partial charge in [0.15, 0.2) is 0 Å². The summed E-state index contributed by atoms with van der Waals surface area (Å²) >= 11 is 0. The van der Waals surface area contributed by atoms with Gasteiger partial charge in [0.05, 0.1) is 0 Å². The second-order valence-electron chi connectivity index (χ2n) is 19.5. The molecule has 0 fully saturated rings. The topological polar surface area (TPSA) is 112 Å². The van der Waals surface area contributed by atoms with E-state index in [9.17, 15) is 29.7 Å². The molecule has 7 heteroatoms. The molecule has 2 aliphatic rings. The molecule has 2 aliphatic carbocycles. The van der Waals surface area contributed by atoms with Crippen molar-refractivity contribution >= 4 is 17.9 Å². The summed E-state index contributed by atoms with van der Waals surface area (Å²) in [6.07, 6.45) is 6.42. The summed E-state index contributed by atoms with van der Waals surface area (Å²) in [4.78, 5) is 37.3. The summed E-state index contributed by atoms with van der Waals surface area (Å²) in [6, 6.07) is 84.4. The van der Waals surface area contributed by atoms with Crippen molar-refractivity contribution in [3.05, 3.63) is 352 Å². The average Bonchev–Trinajstić information content (AvgIpc) is 3.80. The number of rotatable bonds is 12. The second kappa shape index (κ2) is 27.2. The molecular formula is C72H65O6Ti-. The number of hydrogen-bond donors (Lipinski definition) is 3. The number of benzene rings is 9. The standard InChI is InChI=1S/3C20H16O2.C12H17.Ti/c3*21-19(22)20(16-10-4-1-5-11-16,17-12-6-2-7-13-17)18-14-8-3-9-15-18;1-8-9(2)11-6-4-5-7-12(11)10(8)3;/h3*1-15H,(H,21,22);6,10H,4-5,7H2,1-3H3;/q;;;-1;. The maximum Gasteiger partial charge on any atom is 0.323 e. The number of carboxylic acid groups (broad SMARTS) is 3. The minimum absolute atomic E-state index is 0. The van der Waals surface area contributed by atoms with E-state index in [-0.39, 0.29) is 21.7 Å². The molecule has 79 heavy (non-hydrogen) atoms. The Hall–Kier alpha value is -8.55. The zero-order valence-electron chi connectivity index (χ0n) is 44.8. The van der Waals surface area contributed by atoms with Gasteiger partial charge in [-0.05, 0) is 50.1 Å². The summed E-state index contributed by atoms with van der Waals surface area (Å²) in [6.45, 7) is 6.91. The van der Waals surface area contributed by atoms with Gasteiger partial charge in [-0.25, -0.2) is 0 Å². The first-order chi connectivity index (χ1) is 38.0. The number of aliphatic carboxylic acids is 3. The van der Waals surface area contributed by atoms with E-state index >= 15 is 0 Å². The predicted molar refractivity (Wildman–Crippen MR) is 313 cm³/mol. The predicted octanol–water partition coefficient (Wildman–Crippen LogP) is 16.0. The maximum absolute atomic E-state index is 12.4. The number of allylic oxidation sites excluding steroid dienone is 4. The molecule has 0 radical (unpaired) electrons. The molecule has 0 saturated heterocycles. The Balaban J connectivity index is 0.000000155. The molecule has 9 aromatic rings.